The Bertz CT molecular complexity index is 653. The Morgan fingerprint density at radius 1 is 1.50 bits per heavy atom. The molecule has 0 fully saturated rings. The SMILES string of the molecule is C#CCNCc1cn([C@H]2C=C[C@@H](CO)O2)c(=O)[nH]c1=O. The van der Waals surface area contributed by atoms with E-state index < -0.39 is 23.6 Å². The summed E-state index contributed by atoms with van der Waals surface area (Å²) in [5.41, 5.74) is -0.648. The van der Waals surface area contributed by atoms with E-state index in [1.807, 2.05) is 0 Å². The van der Waals surface area contributed by atoms with Gasteiger partial charge in [0.15, 0.2) is 6.23 Å². The first-order valence-electron chi connectivity index (χ1n) is 6.09. The molecule has 1 aliphatic heterocycles. The summed E-state index contributed by atoms with van der Waals surface area (Å²) in [5.74, 6) is 2.40. The molecule has 0 spiro atoms. The maximum Gasteiger partial charge on any atom is 0.330 e. The number of H-pyrrole nitrogens is 1. The zero-order valence-electron chi connectivity index (χ0n) is 10.7. The molecule has 2 rings (SSSR count). The van der Waals surface area contributed by atoms with Crippen LogP contribution in [-0.4, -0.2) is 33.9 Å². The molecule has 0 radical (unpaired) electrons. The number of aromatic nitrogens is 2. The quantitative estimate of drug-likeness (QED) is 0.353. The van der Waals surface area contributed by atoms with E-state index in [4.69, 9.17) is 16.3 Å². The lowest BCUT2D eigenvalue weighted by Crippen LogP contribution is -2.35. The highest BCUT2D eigenvalue weighted by Crippen LogP contribution is 2.18. The average Bonchev–Trinajstić information content (AvgIpc) is 2.90. The van der Waals surface area contributed by atoms with Crippen LogP contribution in [0.15, 0.2) is 27.9 Å². The Morgan fingerprint density at radius 2 is 2.30 bits per heavy atom. The second kappa shape index (κ2) is 6.34. The van der Waals surface area contributed by atoms with E-state index in [1.165, 1.54) is 10.8 Å². The molecule has 0 unspecified atom stereocenters. The van der Waals surface area contributed by atoms with Crippen LogP contribution in [-0.2, 0) is 11.3 Å². The summed E-state index contributed by atoms with van der Waals surface area (Å²) in [4.78, 5) is 25.7. The minimum Gasteiger partial charge on any atom is -0.393 e. The highest BCUT2D eigenvalue weighted by molar-refractivity contribution is 5.08. The Kier molecular flexibility index (Phi) is 4.53. The first kappa shape index (κ1) is 14.3. The van der Waals surface area contributed by atoms with Gasteiger partial charge in [-0.15, -0.1) is 6.42 Å². The molecule has 7 heteroatoms. The Balaban J connectivity index is 2.24. The van der Waals surface area contributed by atoms with E-state index in [-0.39, 0.29) is 13.2 Å². The van der Waals surface area contributed by atoms with Gasteiger partial charge in [-0.25, -0.2) is 4.79 Å². The standard InChI is InChI=1S/C13H15N3O4/c1-2-5-14-6-9-7-16(13(19)15-12(9)18)11-4-3-10(8-17)20-11/h1,3-4,7,10-11,14,17H,5-6,8H2,(H,15,18,19)/t10-,11+/m0/s1. The van der Waals surface area contributed by atoms with E-state index >= 15 is 0 Å². The van der Waals surface area contributed by atoms with Gasteiger partial charge in [0.25, 0.3) is 5.56 Å². The van der Waals surface area contributed by atoms with Crippen LogP contribution in [0, 0.1) is 12.3 Å². The lowest BCUT2D eigenvalue weighted by atomic mass is 10.3. The van der Waals surface area contributed by atoms with Crippen LogP contribution >= 0.6 is 0 Å². The minimum atomic E-state index is -0.636. The second-order valence-corrected chi connectivity index (χ2v) is 4.26. The van der Waals surface area contributed by atoms with Gasteiger partial charge in [0.1, 0.15) is 6.10 Å². The van der Waals surface area contributed by atoms with E-state index in [1.54, 1.807) is 12.2 Å². The zero-order chi connectivity index (χ0) is 14.5. The molecule has 2 heterocycles. The van der Waals surface area contributed by atoms with Gasteiger partial charge in [-0.05, 0) is 6.08 Å². The van der Waals surface area contributed by atoms with E-state index in [0.29, 0.717) is 12.1 Å². The highest BCUT2D eigenvalue weighted by Gasteiger charge is 2.21. The number of ether oxygens (including phenoxy) is 1. The molecule has 2 atom stereocenters. The molecule has 0 aromatic carbocycles. The van der Waals surface area contributed by atoms with E-state index in [9.17, 15) is 9.59 Å². The molecule has 0 saturated heterocycles. The molecule has 3 N–H and O–H groups in total. The highest BCUT2D eigenvalue weighted by atomic mass is 16.5. The third-order valence-corrected chi connectivity index (χ3v) is 2.84. The molecule has 106 valence electrons. The van der Waals surface area contributed by atoms with Gasteiger partial charge in [0.2, 0.25) is 0 Å². The first-order chi connectivity index (χ1) is 9.65. The van der Waals surface area contributed by atoms with Gasteiger partial charge in [0.05, 0.1) is 13.2 Å². The average molecular weight is 277 g/mol. The number of aliphatic hydroxyl groups excluding tert-OH is 1. The number of hydrogen-bond donors (Lipinski definition) is 3. The van der Waals surface area contributed by atoms with Gasteiger partial charge in [-0.3, -0.25) is 14.3 Å². The van der Waals surface area contributed by atoms with Crippen molar-refractivity contribution in [2.45, 2.75) is 18.9 Å². The number of terminal acetylenes is 1. The van der Waals surface area contributed by atoms with Crippen molar-refractivity contribution >= 4 is 0 Å². The van der Waals surface area contributed by atoms with Crippen LogP contribution < -0.4 is 16.6 Å². The van der Waals surface area contributed by atoms with Gasteiger partial charge in [0, 0.05) is 18.3 Å². The predicted molar refractivity (Wildman–Crippen MR) is 72.0 cm³/mol. The number of rotatable bonds is 5. The summed E-state index contributed by atoms with van der Waals surface area (Å²) in [5, 5.41) is 11.9. The lowest BCUT2D eigenvalue weighted by Gasteiger charge is -2.15. The van der Waals surface area contributed by atoms with Crippen molar-refractivity contribution in [1.29, 1.82) is 0 Å². The van der Waals surface area contributed by atoms with Crippen LogP contribution in [0.1, 0.15) is 11.8 Å². The van der Waals surface area contributed by atoms with E-state index in [2.05, 4.69) is 16.2 Å². The molecule has 1 aliphatic rings. The van der Waals surface area contributed by atoms with Crippen LogP contribution in [0.3, 0.4) is 0 Å². The second-order valence-electron chi connectivity index (χ2n) is 4.26. The maximum atomic E-state index is 11.8. The smallest absolute Gasteiger partial charge is 0.330 e. The zero-order valence-corrected chi connectivity index (χ0v) is 10.7. The van der Waals surface area contributed by atoms with Crippen molar-refractivity contribution in [3.8, 4) is 12.3 Å². The summed E-state index contributed by atoms with van der Waals surface area (Å²) in [6, 6.07) is 0. The van der Waals surface area contributed by atoms with Crippen LogP contribution in [0.2, 0.25) is 0 Å². The molecular weight excluding hydrogens is 262 g/mol. The van der Waals surface area contributed by atoms with Gasteiger partial charge >= 0.3 is 5.69 Å². The normalized spacial score (nSPS) is 21.0. The molecule has 7 nitrogen and oxygen atoms in total. The van der Waals surface area contributed by atoms with Crippen molar-refractivity contribution in [3.63, 3.8) is 0 Å². The van der Waals surface area contributed by atoms with Crippen molar-refractivity contribution in [1.82, 2.24) is 14.9 Å². The van der Waals surface area contributed by atoms with Gasteiger partial charge < -0.3 is 15.2 Å². The molecule has 1 aromatic rings. The minimum absolute atomic E-state index is 0.165. The molecule has 20 heavy (non-hydrogen) atoms. The summed E-state index contributed by atoms with van der Waals surface area (Å²) in [7, 11) is 0. The topological polar surface area (TPSA) is 96.3 Å². The summed E-state index contributed by atoms with van der Waals surface area (Å²) in [6.07, 6.45) is 8.78. The third kappa shape index (κ3) is 3.05. The fraction of sp³-hybridized carbons (Fsp3) is 0.385. The number of aliphatic hydroxyl groups is 1. The fourth-order valence-electron chi connectivity index (χ4n) is 1.86. The van der Waals surface area contributed by atoms with Crippen LogP contribution in [0.4, 0.5) is 0 Å². The fourth-order valence-corrected chi connectivity index (χ4v) is 1.86. The van der Waals surface area contributed by atoms with Crippen molar-refractivity contribution in [2.24, 2.45) is 0 Å². The molecule has 0 amide bonds. The monoisotopic (exact) mass is 277 g/mol. The lowest BCUT2D eigenvalue weighted by molar-refractivity contribution is -0.0104. The summed E-state index contributed by atoms with van der Waals surface area (Å²) < 4.78 is 6.69. The molecule has 0 aliphatic carbocycles. The van der Waals surface area contributed by atoms with Crippen molar-refractivity contribution in [3.05, 3.63) is 44.8 Å². The summed E-state index contributed by atoms with van der Waals surface area (Å²) in [6.45, 7) is 0.409. The number of hydrogen-bond acceptors (Lipinski definition) is 5. The van der Waals surface area contributed by atoms with Gasteiger partial charge in [-0.1, -0.05) is 12.0 Å². The van der Waals surface area contributed by atoms with Crippen LogP contribution in [0.5, 0.6) is 0 Å². The third-order valence-electron chi connectivity index (χ3n) is 2.84. The maximum absolute atomic E-state index is 11.8. The van der Waals surface area contributed by atoms with Crippen molar-refractivity contribution < 1.29 is 9.84 Å². The Labute approximate surface area is 114 Å². The number of nitrogens with zero attached hydrogens (tertiary/aromatic N) is 1. The Morgan fingerprint density at radius 3 is 2.95 bits per heavy atom. The number of aromatic amines is 1. The van der Waals surface area contributed by atoms with Crippen molar-refractivity contribution in [2.75, 3.05) is 13.2 Å². The largest absolute Gasteiger partial charge is 0.393 e. The Hall–Kier alpha value is -2.14. The first-order valence-corrected chi connectivity index (χ1v) is 6.09. The number of nitrogens with one attached hydrogen (secondary N) is 2. The summed E-state index contributed by atoms with van der Waals surface area (Å²) >= 11 is 0. The molecule has 1 aromatic heterocycles. The predicted octanol–water partition coefficient (Wildman–Crippen LogP) is -1.29. The van der Waals surface area contributed by atoms with E-state index in [0.717, 1.165) is 0 Å². The molecule has 0 saturated carbocycles. The molecule has 0 bridgehead atoms. The van der Waals surface area contributed by atoms with Crippen LogP contribution in [0.25, 0.3) is 0 Å². The van der Waals surface area contributed by atoms with Gasteiger partial charge in [-0.2, -0.15) is 0 Å². The molecular formula is C13H15N3O4.